The first-order valence-electron chi connectivity index (χ1n) is 10.4. The lowest BCUT2D eigenvalue weighted by Gasteiger charge is -2.19. The number of furan rings is 1. The molecule has 0 atom stereocenters. The Hall–Kier alpha value is -2.80. The molecule has 0 unspecified atom stereocenters. The summed E-state index contributed by atoms with van der Waals surface area (Å²) in [6.07, 6.45) is 0. The molecule has 0 amide bonds. The summed E-state index contributed by atoms with van der Waals surface area (Å²) in [5.74, 6) is 0.940. The predicted octanol–water partition coefficient (Wildman–Crippen LogP) is 8.36. The molecule has 0 aliphatic carbocycles. The lowest BCUT2D eigenvalue weighted by Crippen LogP contribution is -2.10. The molecular formula is C28H30O. The highest BCUT2D eigenvalue weighted by Gasteiger charge is 2.20. The van der Waals surface area contributed by atoms with Crippen molar-refractivity contribution < 1.29 is 4.42 Å². The van der Waals surface area contributed by atoms with E-state index in [9.17, 15) is 0 Å². The van der Waals surface area contributed by atoms with E-state index < -0.39 is 0 Å². The van der Waals surface area contributed by atoms with Crippen LogP contribution in [0.1, 0.15) is 52.7 Å². The standard InChI is InChI=1S/C28H30O/c1-27(2,3)21-15-11-19(12-16-21)25-23-9-7-8-10-24(23)29-26(25)20-13-17-22(18-14-20)28(4,5)6/h7-18H,1-6H3. The summed E-state index contributed by atoms with van der Waals surface area (Å²) in [5.41, 5.74) is 7.35. The van der Waals surface area contributed by atoms with Gasteiger partial charge in [0.25, 0.3) is 0 Å². The van der Waals surface area contributed by atoms with Crippen LogP contribution >= 0.6 is 0 Å². The Balaban J connectivity index is 1.88. The van der Waals surface area contributed by atoms with Crippen LogP contribution in [0.2, 0.25) is 0 Å². The van der Waals surface area contributed by atoms with E-state index in [1.54, 1.807) is 0 Å². The smallest absolute Gasteiger partial charge is 0.143 e. The zero-order valence-corrected chi connectivity index (χ0v) is 18.3. The molecule has 1 heteroatoms. The molecule has 0 saturated carbocycles. The van der Waals surface area contributed by atoms with Gasteiger partial charge in [-0.25, -0.2) is 0 Å². The Bertz CT molecular complexity index is 1130. The summed E-state index contributed by atoms with van der Waals surface area (Å²) in [6.45, 7) is 13.5. The van der Waals surface area contributed by atoms with Crippen LogP contribution in [0.3, 0.4) is 0 Å². The maximum atomic E-state index is 6.36. The van der Waals surface area contributed by atoms with E-state index in [0.29, 0.717) is 0 Å². The molecule has 1 heterocycles. The predicted molar refractivity (Wildman–Crippen MR) is 124 cm³/mol. The van der Waals surface area contributed by atoms with Crippen molar-refractivity contribution in [3.05, 3.63) is 83.9 Å². The minimum atomic E-state index is 0.137. The second-order valence-corrected chi connectivity index (χ2v) is 9.96. The van der Waals surface area contributed by atoms with Gasteiger partial charge in [-0.1, -0.05) is 108 Å². The molecule has 148 valence electrons. The highest BCUT2D eigenvalue weighted by Crippen LogP contribution is 2.41. The summed E-state index contributed by atoms with van der Waals surface area (Å²) in [5, 5.41) is 1.16. The molecule has 4 rings (SSSR count). The van der Waals surface area contributed by atoms with E-state index >= 15 is 0 Å². The molecule has 4 aromatic rings. The number of fused-ring (bicyclic) bond motifs is 1. The molecule has 0 radical (unpaired) electrons. The Labute approximate surface area is 174 Å². The van der Waals surface area contributed by atoms with Crippen molar-refractivity contribution in [2.75, 3.05) is 0 Å². The van der Waals surface area contributed by atoms with Crippen molar-refractivity contribution in [3.8, 4) is 22.5 Å². The van der Waals surface area contributed by atoms with Gasteiger partial charge in [0.15, 0.2) is 0 Å². The van der Waals surface area contributed by atoms with Gasteiger partial charge in [0.1, 0.15) is 11.3 Å². The molecule has 0 aliphatic heterocycles. The number of benzene rings is 3. The maximum absolute atomic E-state index is 6.36. The lowest BCUT2D eigenvalue weighted by molar-refractivity contribution is 0.589. The average Bonchev–Trinajstić information content (AvgIpc) is 3.06. The quantitative estimate of drug-likeness (QED) is 0.339. The Morgan fingerprint density at radius 3 is 1.55 bits per heavy atom. The van der Waals surface area contributed by atoms with Gasteiger partial charge in [-0.05, 0) is 33.6 Å². The third-order valence-electron chi connectivity index (χ3n) is 5.65. The molecule has 1 aromatic heterocycles. The van der Waals surface area contributed by atoms with Gasteiger partial charge in [0.2, 0.25) is 0 Å². The van der Waals surface area contributed by atoms with E-state index in [4.69, 9.17) is 4.42 Å². The maximum Gasteiger partial charge on any atom is 0.143 e. The zero-order valence-electron chi connectivity index (χ0n) is 18.3. The second-order valence-electron chi connectivity index (χ2n) is 9.96. The van der Waals surface area contributed by atoms with Gasteiger partial charge < -0.3 is 4.42 Å². The fourth-order valence-electron chi connectivity index (χ4n) is 3.79. The van der Waals surface area contributed by atoms with Gasteiger partial charge >= 0.3 is 0 Å². The highest BCUT2D eigenvalue weighted by molar-refractivity contribution is 6.01. The van der Waals surface area contributed by atoms with Crippen LogP contribution in [0, 0.1) is 0 Å². The van der Waals surface area contributed by atoms with Crippen LogP contribution in [0.15, 0.2) is 77.2 Å². The first kappa shape index (κ1) is 19.5. The number of hydrogen-bond acceptors (Lipinski definition) is 1. The first-order valence-corrected chi connectivity index (χ1v) is 10.4. The van der Waals surface area contributed by atoms with Crippen LogP contribution in [-0.4, -0.2) is 0 Å². The molecule has 0 saturated heterocycles. The number of para-hydroxylation sites is 1. The second kappa shape index (κ2) is 6.91. The largest absolute Gasteiger partial charge is 0.455 e. The van der Waals surface area contributed by atoms with Gasteiger partial charge in [0.05, 0.1) is 0 Å². The van der Waals surface area contributed by atoms with Crippen molar-refractivity contribution in [2.45, 2.75) is 52.4 Å². The average molecular weight is 383 g/mol. The molecule has 0 bridgehead atoms. The molecule has 0 fully saturated rings. The summed E-state index contributed by atoms with van der Waals surface area (Å²) >= 11 is 0. The highest BCUT2D eigenvalue weighted by atomic mass is 16.3. The Kier molecular flexibility index (Phi) is 4.65. The summed E-state index contributed by atoms with van der Waals surface area (Å²) < 4.78 is 6.36. The van der Waals surface area contributed by atoms with Crippen molar-refractivity contribution >= 4 is 11.0 Å². The number of hydrogen-bond donors (Lipinski definition) is 0. The summed E-state index contributed by atoms with van der Waals surface area (Å²) in [4.78, 5) is 0. The third kappa shape index (κ3) is 3.74. The lowest BCUT2D eigenvalue weighted by atomic mass is 9.85. The monoisotopic (exact) mass is 382 g/mol. The van der Waals surface area contributed by atoms with E-state index in [1.807, 2.05) is 6.07 Å². The SMILES string of the molecule is CC(C)(C)c1ccc(-c2oc3ccccc3c2-c2ccc(C(C)(C)C)cc2)cc1. The van der Waals surface area contributed by atoms with Crippen molar-refractivity contribution in [1.29, 1.82) is 0 Å². The molecule has 3 aromatic carbocycles. The van der Waals surface area contributed by atoms with Gasteiger partial charge in [0, 0.05) is 16.5 Å². The molecule has 1 nitrogen and oxygen atoms in total. The molecular weight excluding hydrogens is 352 g/mol. The first-order chi connectivity index (χ1) is 13.6. The number of rotatable bonds is 2. The van der Waals surface area contributed by atoms with Gasteiger partial charge in [-0.2, -0.15) is 0 Å². The molecule has 0 spiro atoms. The van der Waals surface area contributed by atoms with Crippen LogP contribution in [-0.2, 0) is 10.8 Å². The van der Waals surface area contributed by atoms with E-state index in [-0.39, 0.29) is 10.8 Å². The third-order valence-corrected chi connectivity index (χ3v) is 5.65. The van der Waals surface area contributed by atoms with E-state index in [1.165, 1.54) is 22.3 Å². The van der Waals surface area contributed by atoms with Crippen LogP contribution in [0.4, 0.5) is 0 Å². The van der Waals surface area contributed by atoms with E-state index in [2.05, 4.69) is 108 Å². The topological polar surface area (TPSA) is 13.1 Å². The van der Waals surface area contributed by atoms with Gasteiger partial charge in [-0.15, -0.1) is 0 Å². The van der Waals surface area contributed by atoms with Crippen LogP contribution < -0.4 is 0 Å². The van der Waals surface area contributed by atoms with Crippen molar-refractivity contribution in [3.63, 3.8) is 0 Å². The zero-order chi connectivity index (χ0) is 20.8. The van der Waals surface area contributed by atoms with Crippen LogP contribution in [0.5, 0.6) is 0 Å². The summed E-state index contributed by atoms with van der Waals surface area (Å²) in [6, 6.07) is 26.1. The Morgan fingerprint density at radius 2 is 1.03 bits per heavy atom. The van der Waals surface area contributed by atoms with Crippen molar-refractivity contribution in [1.82, 2.24) is 0 Å². The normalized spacial score (nSPS) is 12.5. The fraction of sp³-hybridized carbons (Fsp3) is 0.286. The minimum absolute atomic E-state index is 0.137. The molecule has 0 aliphatic rings. The van der Waals surface area contributed by atoms with E-state index in [0.717, 1.165) is 22.3 Å². The Morgan fingerprint density at radius 1 is 0.552 bits per heavy atom. The fourth-order valence-corrected chi connectivity index (χ4v) is 3.79. The molecule has 0 N–H and O–H groups in total. The molecule has 29 heavy (non-hydrogen) atoms. The van der Waals surface area contributed by atoms with Crippen molar-refractivity contribution in [2.24, 2.45) is 0 Å². The van der Waals surface area contributed by atoms with Crippen LogP contribution in [0.25, 0.3) is 33.4 Å². The summed E-state index contributed by atoms with van der Waals surface area (Å²) in [7, 11) is 0. The minimum Gasteiger partial charge on any atom is -0.455 e. The van der Waals surface area contributed by atoms with Gasteiger partial charge in [-0.3, -0.25) is 0 Å².